The summed E-state index contributed by atoms with van der Waals surface area (Å²) in [7, 11) is 0. The second kappa shape index (κ2) is 9.97. The molecule has 160 valence electrons. The molecule has 0 spiro atoms. The third-order valence-electron chi connectivity index (χ3n) is 5.31. The number of piperidine rings is 1. The van der Waals surface area contributed by atoms with E-state index in [1.165, 1.54) is 4.80 Å². The molecule has 0 atom stereocenters. The highest BCUT2D eigenvalue weighted by Crippen LogP contribution is 2.21. The van der Waals surface area contributed by atoms with Crippen LogP contribution in [0.25, 0.3) is 11.4 Å². The van der Waals surface area contributed by atoms with Crippen molar-refractivity contribution >= 4 is 17.5 Å². The number of benzene rings is 2. The van der Waals surface area contributed by atoms with E-state index in [-0.39, 0.29) is 11.8 Å². The molecule has 1 fully saturated rings. The topological polar surface area (TPSA) is 93.0 Å². The second-order valence-electron chi connectivity index (χ2n) is 7.62. The molecule has 0 bridgehead atoms. The Morgan fingerprint density at radius 1 is 1.03 bits per heavy atom. The standard InChI is InChI=1S/C23H26N6O2/c30-21(9-6-16-29-26-23(25-27-29)19-7-2-1-3-8-19)24-17-18-11-13-20(14-12-18)28-15-5-4-10-22(28)31/h1-3,7-8,11-14H,4-6,9-10,15-17H2,(H,24,30). The SMILES string of the molecule is O=C(CCCn1nnc(-c2ccccc2)n1)NCc1ccc(N2CCCCC2=O)cc1. The van der Waals surface area contributed by atoms with Crippen LogP contribution in [0, 0.1) is 0 Å². The number of rotatable bonds is 8. The van der Waals surface area contributed by atoms with Gasteiger partial charge in [0.25, 0.3) is 0 Å². The van der Waals surface area contributed by atoms with Crippen LogP contribution in [-0.2, 0) is 22.7 Å². The van der Waals surface area contributed by atoms with Gasteiger partial charge in [-0.25, -0.2) is 0 Å². The Morgan fingerprint density at radius 3 is 2.61 bits per heavy atom. The average molecular weight is 419 g/mol. The summed E-state index contributed by atoms with van der Waals surface area (Å²) in [6, 6.07) is 17.5. The maximum atomic E-state index is 12.2. The molecule has 0 unspecified atom stereocenters. The van der Waals surface area contributed by atoms with Gasteiger partial charge in [0.15, 0.2) is 0 Å². The largest absolute Gasteiger partial charge is 0.352 e. The lowest BCUT2D eigenvalue weighted by molar-refractivity contribution is -0.121. The van der Waals surface area contributed by atoms with Crippen LogP contribution in [0.3, 0.4) is 0 Å². The van der Waals surface area contributed by atoms with Crippen LogP contribution in [0.5, 0.6) is 0 Å². The van der Waals surface area contributed by atoms with Gasteiger partial charge in [0.1, 0.15) is 0 Å². The van der Waals surface area contributed by atoms with Gasteiger partial charge < -0.3 is 10.2 Å². The third-order valence-corrected chi connectivity index (χ3v) is 5.31. The van der Waals surface area contributed by atoms with E-state index < -0.39 is 0 Å². The number of hydrogen-bond acceptors (Lipinski definition) is 5. The first-order chi connectivity index (χ1) is 15.2. The number of carbonyl (C=O) groups is 2. The van der Waals surface area contributed by atoms with E-state index in [2.05, 4.69) is 20.7 Å². The van der Waals surface area contributed by atoms with Crippen molar-refractivity contribution in [2.75, 3.05) is 11.4 Å². The summed E-state index contributed by atoms with van der Waals surface area (Å²) in [5, 5.41) is 15.4. The Bertz CT molecular complexity index is 1020. The number of nitrogens with one attached hydrogen (secondary N) is 1. The minimum atomic E-state index is -0.0151. The Labute approximate surface area is 181 Å². The molecule has 4 rings (SSSR count). The molecule has 2 amide bonds. The highest BCUT2D eigenvalue weighted by Gasteiger charge is 2.19. The number of amides is 2. The first-order valence-corrected chi connectivity index (χ1v) is 10.7. The molecule has 1 aliphatic rings. The number of carbonyl (C=O) groups excluding carboxylic acids is 2. The van der Waals surface area contributed by atoms with E-state index in [1.54, 1.807) is 0 Å². The molecule has 1 N–H and O–H groups in total. The zero-order chi connectivity index (χ0) is 21.5. The molecule has 1 aromatic heterocycles. The number of tetrazole rings is 1. The molecule has 0 aliphatic carbocycles. The minimum absolute atomic E-state index is 0.0151. The molecular formula is C23H26N6O2. The molecule has 2 aromatic carbocycles. The van der Waals surface area contributed by atoms with Crippen LogP contribution in [0.15, 0.2) is 54.6 Å². The van der Waals surface area contributed by atoms with Crippen molar-refractivity contribution in [2.24, 2.45) is 0 Å². The fourth-order valence-corrected chi connectivity index (χ4v) is 3.58. The van der Waals surface area contributed by atoms with E-state index >= 15 is 0 Å². The molecule has 2 heterocycles. The van der Waals surface area contributed by atoms with Crippen molar-refractivity contribution in [1.29, 1.82) is 0 Å². The van der Waals surface area contributed by atoms with Crippen molar-refractivity contribution in [3.05, 3.63) is 60.2 Å². The Balaban J connectivity index is 1.19. The molecule has 0 radical (unpaired) electrons. The Kier molecular flexibility index (Phi) is 6.66. The molecular weight excluding hydrogens is 392 g/mol. The number of nitrogens with zero attached hydrogens (tertiary/aromatic N) is 5. The highest BCUT2D eigenvalue weighted by atomic mass is 16.2. The summed E-state index contributed by atoms with van der Waals surface area (Å²) < 4.78 is 0. The number of aromatic nitrogens is 4. The molecule has 1 saturated heterocycles. The van der Waals surface area contributed by atoms with Crippen LogP contribution in [0.2, 0.25) is 0 Å². The summed E-state index contributed by atoms with van der Waals surface area (Å²) in [6.07, 6.45) is 3.66. The van der Waals surface area contributed by atoms with Gasteiger partial charge in [-0.2, -0.15) is 4.80 Å². The summed E-state index contributed by atoms with van der Waals surface area (Å²) >= 11 is 0. The Hall–Kier alpha value is -3.55. The van der Waals surface area contributed by atoms with Gasteiger partial charge in [0.2, 0.25) is 17.6 Å². The normalized spacial score (nSPS) is 13.9. The smallest absolute Gasteiger partial charge is 0.226 e. The van der Waals surface area contributed by atoms with Crippen LogP contribution in [0.1, 0.15) is 37.7 Å². The predicted octanol–water partition coefficient (Wildman–Crippen LogP) is 2.95. The van der Waals surface area contributed by atoms with E-state index in [9.17, 15) is 9.59 Å². The van der Waals surface area contributed by atoms with Gasteiger partial charge in [0.05, 0.1) is 6.54 Å². The zero-order valence-electron chi connectivity index (χ0n) is 17.4. The molecule has 8 heteroatoms. The highest BCUT2D eigenvalue weighted by molar-refractivity contribution is 5.93. The van der Waals surface area contributed by atoms with E-state index in [1.807, 2.05) is 59.5 Å². The van der Waals surface area contributed by atoms with Gasteiger partial charge in [-0.15, -0.1) is 10.2 Å². The van der Waals surface area contributed by atoms with Gasteiger partial charge in [-0.3, -0.25) is 9.59 Å². The van der Waals surface area contributed by atoms with Crippen LogP contribution in [-0.4, -0.2) is 38.6 Å². The van der Waals surface area contributed by atoms with Crippen molar-refractivity contribution < 1.29 is 9.59 Å². The van der Waals surface area contributed by atoms with E-state index in [0.29, 0.717) is 38.2 Å². The first-order valence-electron chi connectivity index (χ1n) is 10.7. The molecule has 8 nitrogen and oxygen atoms in total. The van der Waals surface area contributed by atoms with Gasteiger partial charge in [0, 0.05) is 37.2 Å². The Morgan fingerprint density at radius 2 is 1.84 bits per heavy atom. The number of aryl methyl sites for hydroxylation is 1. The molecule has 3 aromatic rings. The van der Waals surface area contributed by atoms with E-state index in [0.717, 1.165) is 36.2 Å². The predicted molar refractivity (Wildman–Crippen MR) is 117 cm³/mol. The third kappa shape index (κ3) is 5.53. The number of anilines is 1. The molecule has 31 heavy (non-hydrogen) atoms. The van der Waals surface area contributed by atoms with Gasteiger partial charge >= 0.3 is 0 Å². The van der Waals surface area contributed by atoms with Crippen LogP contribution < -0.4 is 10.2 Å². The van der Waals surface area contributed by atoms with Crippen LogP contribution >= 0.6 is 0 Å². The van der Waals surface area contributed by atoms with Crippen molar-refractivity contribution in [3.63, 3.8) is 0 Å². The molecule has 0 saturated carbocycles. The number of hydrogen-bond donors (Lipinski definition) is 1. The zero-order valence-corrected chi connectivity index (χ0v) is 17.4. The summed E-state index contributed by atoms with van der Waals surface area (Å²) in [4.78, 5) is 27.6. The molecule has 1 aliphatic heterocycles. The van der Waals surface area contributed by atoms with E-state index in [4.69, 9.17) is 0 Å². The van der Waals surface area contributed by atoms with Gasteiger partial charge in [-0.05, 0) is 42.2 Å². The lowest BCUT2D eigenvalue weighted by Crippen LogP contribution is -2.35. The summed E-state index contributed by atoms with van der Waals surface area (Å²) in [5.41, 5.74) is 2.85. The van der Waals surface area contributed by atoms with Crippen molar-refractivity contribution in [1.82, 2.24) is 25.5 Å². The summed E-state index contributed by atoms with van der Waals surface area (Å²) in [6.45, 7) is 1.78. The quantitative estimate of drug-likeness (QED) is 0.607. The average Bonchev–Trinajstić information content (AvgIpc) is 3.28. The fourth-order valence-electron chi connectivity index (χ4n) is 3.58. The maximum absolute atomic E-state index is 12.2. The monoisotopic (exact) mass is 418 g/mol. The fraction of sp³-hybridized carbons (Fsp3) is 0.348. The first kappa shape index (κ1) is 20.7. The maximum Gasteiger partial charge on any atom is 0.226 e. The van der Waals surface area contributed by atoms with Crippen molar-refractivity contribution in [2.45, 2.75) is 45.2 Å². The summed E-state index contributed by atoms with van der Waals surface area (Å²) in [5.74, 6) is 0.753. The second-order valence-corrected chi connectivity index (χ2v) is 7.62. The lowest BCUT2D eigenvalue weighted by Gasteiger charge is -2.26. The minimum Gasteiger partial charge on any atom is -0.352 e. The van der Waals surface area contributed by atoms with Crippen LogP contribution in [0.4, 0.5) is 5.69 Å². The van der Waals surface area contributed by atoms with Crippen molar-refractivity contribution in [3.8, 4) is 11.4 Å². The van der Waals surface area contributed by atoms with Gasteiger partial charge in [-0.1, -0.05) is 42.5 Å². The lowest BCUT2D eigenvalue weighted by atomic mass is 10.1.